The molecule has 0 bridgehead atoms. The van der Waals surface area contributed by atoms with Crippen molar-refractivity contribution >= 4 is 8.07 Å². The van der Waals surface area contributed by atoms with Gasteiger partial charge in [-0.2, -0.15) is 0 Å². The molecule has 0 aliphatic heterocycles. The van der Waals surface area contributed by atoms with Crippen molar-refractivity contribution in [3.05, 3.63) is 0 Å². The molecule has 0 aromatic carbocycles. The van der Waals surface area contributed by atoms with Gasteiger partial charge in [0.1, 0.15) is 14.2 Å². The van der Waals surface area contributed by atoms with Crippen LogP contribution in [-0.4, -0.2) is 42.2 Å². The first-order valence-corrected chi connectivity index (χ1v) is 7.86. The first kappa shape index (κ1) is 12.7. The summed E-state index contributed by atoms with van der Waals surface area (Å²) in [5, 5.41) is 27.0. The molecule has 3 N–H and O–H groups in total. The van der Waals surface area contributed by atoms with Crippen molar-refractivity contribution in [3.63, 3.8) is 0 Å². The first-order valence-electron chi connectivity index (χ1n) is 4.36. The minimum absolute atomic E-state index is 0.132. The molecular weight excluding hydrogens is 184 g/mol. The summed E-state index contributed by atoms with van der Waals surface area (Å²) >= 11 is 0. The van der Waals surface area contributed by atoms with E-state index in [1.807, 2.05) is 0 Å². The van der Waals surface area contributed by atoms with E-state index in [2.05, 4.69) is 31.1 Å². The van der Waals surface area contributed by atoms with Gasteiger partial charge in [0.15, 0.2) is 0 Å². The molecule has 0 radical (unpaired) electrons. The van der Waals surface area contributed by atoms with Crippen LogP contribution in [0.25, 0.3) is 0 Å². The molecule has 0 aliphatic carbocycles. The Morgan fingerprint density at radius 1 is 1.23 bits per heavy atom. The third-order valence-corrected chi connectivity index (χ3v) is 2.28. The third-order valence-electron chi connectivity index (χ3n) is 1.38. The molecule has 0 aliphatic rings. The van der Waals surface area contributed by atoms with Crippen molar-refractivity contribution in [1.82, 2.24) is 0 Å². The van der Waals surface area contributed by atoms with E-state index in [-0.39, 0.29) is 13.0 Å². The van der Waals surface area contributed by atoms with Gasteiger partial charge in [-0.1, -0.05) is 25.6 Å². The Morgan fingerprint density at radius 3 is 2.15 bits per heavy atom. The maximum Gasteiger partial charge on any atom is 0.139 e. The first-order chi connectivity index (χ1) is 5.87. The molecule has 4 heteroatoms. The van der Waals surface area contributed by atoms with Crippen LogP contribution in [0.1, 0.15) is 6.42 Å². The van der Waals surface area contributed by atoms with Crippen LogP contribution < -0.4 is 0 Å². The Kier molecular flexibility index (Phi) is 5.26. The summed E-state index contributed by atoms with van der Waals surface area (Å²) in [7, 11) is -1.48. The van der Waals surface area contributed by atoms with Gasteiger partial charge in [-0.15, -0.1) is 5.54 Å². The van der Waals surface area contributed by atoms with Gasteiger partial charge in [0.25, 0.3) is 0 Å². The summed E-state index contributed by atoms with van der Waals surface area (Å²) in [6.07, 6.45) is -1.80. The Bertz CT molecular complexity index is 199. The molecule has 0 spiro atoms. The molecule has 0 amide bonds. The Morgan fingerprint density at radius 2 is 1.77 bits per heavy atom. The van der Waals surface area contributed by atoms with Gasteiger partial charge in [0, 0.05) is 6.61 Å². The van der Waals surface area contributed by atoms with E-state index in [9.17, 15) is 10.2 Å². The largest absolute Gasteiger partial charge is 0.396 e. The van der Waals surface area contributed by atoms with Crippen LogP contribution in [0.5, 0.6) is 0 Å². The van der Waals surface area contributed by atoms with Crippen LogP contribution in [0.4, 0.5) is 0 Å². The van der Waals surface area contributed by atoms with Crippen molar-refractivity contribution < 1.29 is 15.3 Å². The van der Waals surface area contributed by atoms with Crippen LogP contribution in [0, 0.1) is 11.5 Å². The van der Waals surface area contributed by atoms with Gasteiger partial charge >= 0.3 is 0 Å². The fourth-order valence-electron chi connectivity index (χ4n) is 0.677. The molecule has 76 valence electrons. The lowest BCUT2D eigenvalue weighted by Crippen LogP contribution is -2.26. The zero-order chi connectivity index (χ0) is 10.5. The average Bonchev–Trinajstić information content (AvgIpc) is 1.99. The highest BCUT2D eigenvalue weighted by Crippen LogP contribution is 2.00. The standard InChI is InChI=1S/C9H18O3Si/c1-13(2,3)7-5-9(12)8(11)4-6-10/h8-12H,4,6H2,1-3H3. The number of aliphatic hydroxyl groups is 3. The van der Waals surface area contributed by atoms with Crippen molar-refractivity contribution in [2.75, 3.05) is 6.61 Å². The predicted molar refractivity (Wildman–Crippen MR) is 54.8 cm³/mol. The highest BCUT2D eigenvalue weighted by atomic mass is 28.3. The maximum absolute atomic E-state index is 9.30. The summed E-state index contributed by atoms with van der Waals surface area (Å²) in [5.41, 5.74) is 2.96. The molecular formula is C9H18O3Si. The van der Waals surface area contributed by atoms with Crippen LogP contribution >= 0.6 is 0 Å². The van der Waals surface area contributed by atoms with E-state index in [0.717, 1.165) is 0 Å². The van der Waals surface area contributed by atoms with Crippen molar-refractivity contribution in [1.29, 1.82) is 0 Å². The zero-order valence-corrected chi connectivity index (χ0v) is 9.41. The van der Waals surface area contributed by atoms with E-state index < -0.39 is 20.3 Å². The topological polar surface area (TPSA) is 60.7 Å². The summed E-state index contributed by atoms with van der Waals surface area (Å²) in [6, 6.07) is 0. The van der Waals surface area contributed by atoms with Gasteiger partial charge in [-0.25, -0.2) is 0 Å². The van der Waals surface area contributed by atoms with Gasteiger partial charge in [0.05, 0.1) is 6.10 Å². The van der Waals surface area contributed by atoms with Crippen LogP contribution in [0.15, 0.2) is 0 Å². The monoisotopic (exact) mass is 202 g/mol. The quantitative estimate of drug-likeness (QED) is 0.445. The third kappa shape index (κ3) is 6.79. The molecule has 0 aromatic rings. The average molecular weight is 202 g/mol. The van der Waals surface area contributed by atoms with Gasteiger partial charge < -0.3 is 15.3 Å². The molecule has 0 fully saturated rings. The second-order valence-electron chi connectivity index (χ2n) is 4.04. The fourth-order valence-corrected chi connectivity index (χ4v) is 1.26. The van der Waals surface area contributed by atoms with Crippen LogP contribution in [0.3, 0.4) is 0 Å². The molecule has 0 saturated carbocycles. The summed E-state index contributed by atoms with van der Waals surface area (Å²) in [6.45, 7) is 6.05. The van der Waals surface area contributed by atoms with Crippen molar-refractivity contribution in [3.8, 4) is 11.5 Å². The molecule has 2 atom stereocenters. The minimum atomic E-state index is -1.48. The Balaban J connectivity index is 4.10. The smallest absolute Gasteiger partial charge is 0.139 e. The van der Waals surface area contributed by atoms with Crippen molar-refractivity contribution in [2.24, 2.45) is 0 Å². The number of aliphatic hydroxyl groups excluding tert-OH is 3. The SMILES string of the molecule is C[Si](C)(C)C#CC(O)C(O)CCO. The Labute approximate surface area is 80.4 Å². The highest BCUT2D eigenvalue weighted by molar-refractivity contribution is 6.83. The maximum atomic E-state index is 9.30. The lowest BCUT2D eigenvalue weighted by molar-refractivity contribution is 0.0367. The second kappa shape index (κ2) is 5.40. The molecule has 0 heterocycles. The van der Waals surface area contributed by atoms with E-state index in [1.54, 1.807) is 0 Å². The second-order valence-corrected chi connectivity index (χ2v) is 8.79. The van der Waals surface area contributed by atoms with Gasteiger partial charge in [-0.05, 0) is 6.42 Å². The molecule has 0 rings (SSSR count). The van der Waals surface area contributed by atoms with Crippen LogP contribution in [0.2, 0.25) is 19.6 Å². The molecule has 0 saturated heterocycles. The zero-order valence-electron chi connectivity index (χ0n) is 8.41. The number of hydrogen-bond donors (Lipinski definition) is 3. The molecule has 3 nitrogen and oxygen atoms in total. The number of hydrogen-bond acceptors (Lipinski definition) is 3. The molecule has 0 aromatic heterocycles. The van der Waals surface area contributed by atoms with E-state index in [1.165, 1.54) is 0 Å². The van der Waals surface area contributed by atoms with Gasteiger partial charge in [0.2, 0.25) is 0 Å². The highest BCUT2D eigenvalue weighted by Gasteiger charge is 2.14. The molecule has 2 unspecified atom stereocenters. The normalized spacial score (nSPS) is 15.8. The van der Waals surface area contributed by atoms with E-state index >= 15 is 0 Å². The Hall–Kier alpha value is -0.343. The van der Waals surface area contributed by atoms with Crippen LogP contribution in [-0.2, 0) is 0 Å². The lowest BCUT2D eigenvalue weighted by Gasteiger charge is -2.11. The van der Waals surface area contributed by atoms with Gasteiger partial charge in [-0.3, -0.25) is 0 Å². The molecule has 13 heavy (non-hydrogen) atoms. The summed E-state index contributed by atoms with van der Waals surface area (Å²) in [5.74, 6) is 2.61. The summed E-state index contributed by atoms with van der Waals surface area (Å²) in [4.78, 5) is 0. The summed E-state index contributed by atoms with van der Waals surface area (Å²) < 4.78 is 0. The number of rotatable bonds is 3. The fraction of sp³-hybridized carbons (Fsp3) is 0.778. The van der Waals surface area contributed by atoms with E-state index in [4.69, 9.17) is 5.11 Å². The predicted octanol–water partition coefficient (Wildman–Crippen LogP) is -0.0286. The minimum Gasteiger partial charge on any atom is -0.396 e. The lowest BCUT2D eigenvalue weighted by atomic mass is 10.1. The van der Waals surface area contributed by atoms with E-state index in [0.29, 0.717) is 0 Å². The van der Waals surface area contributed by atoms with Crippen molar-refractivity contribution in [2.45, 2.75) is 38.3 Å².